The number of rotatable bonds is 4. The maximum Gasteiger partial charge on any atom is 0.0636 e. The zero-order valence-electron chi connectivity index (χ0n) is 9.47. The van der Waals surface area contributed by atoms with Crippen molar-refractivity contribution < 1.29 is 5.11 Å². The van der Waals surface area contributed by atoms with E-state index in [4.69, 9.17) is 16.7 Å². The summed E-state index contributed by atoms with van der Waals surface area (Å²) in [6, 6.07) is 3.93. The Morgan fingerprint density at radius 2 is 1.87 bits per heavy atom. The molecule has 0 aliphatic carbocycles. The van der Waals surface area contributed by atoms with Gasteiger partial charge in [-0.15, -0.1) is 0 Å². The molecule has 2 N–H and O–H groups in total. The lowest BCUT2D eigenvalue weighted by Gasteiger charge is -2.12. The fraction of sp³-hybridized carbons (Fsp3) is 0.500. The molecule has 1 rings (SSSR count). The quantitative estimate of drug-likeness (QED) is 0.828. The zero-order chi connectivity index (χ0) is 11.4. The molecule has 0 spiro atoms. The molecule has 0 aromatic heterocycles. The highest BCUT2D eigenvalue weighted by Crippen LogP contribution is 2.19. The smallest absolute Gasteiger partial charge is 0.0636 e. The molecule has 3 heteroatoms. The van der Waals surface area contributed by atoms with E-state index >= 15 is 0 Å². The van der Waals surface area contributed by atoms with Gasteiger partial charge >= 0.3 is 0 Å². The molecule has 1 unspecified atom stereocenters. The van der Waals surface area contributed by atoms with E-state index in [2.05, 4.69) is 19.2 Å². The third kappa shape index (κ3) is 3.82. The number of hydrogen-bond donors (Lipinski definition) is 2. The van der Waals surface area contributed by atoms with Gasteiger partial charge in [0.25, 0.3) is 0 Å². The Balaban J connectivity index is 2.68. The molecule has 15 heavy (non-hydrogen) atoms. The fourth-order valence-corrected chi connectivity index (χ4v) is 1.95. The van der Waals surface area contributed by atoms with Gasteiger partial charge in [0.05, 0.1) is 6.10 Å². The van der Waals surface area contributed by atoms with E-state index < -0.39 is 0 Å². The number of aliphatic hydroxyl groups excluding tert-OH is 1. The van der Waals surface area contributed by atoms with Gasteiger partial charge in [-0.2, -0.15) is 0 Å². The Hall–Kier alpha value is -0.570. The Kier molecular flexibility index (Phi) is 4.58. The second kappa shape index (κ2) is 5.50. The molecule has 0 saturated heterocycles. The van der Waals surface area contributed by atoms with E-state index in [1.165, 1.54) is 16.7 Å². The first-order valence-electron chi connectivity index (χ1n) is 5.15. The zero-order valence-corrected chi connectivity index (χ0v) is 10.2. The molecule has 0 saturated carbocycles. The van der Waals surface area contributed by atoms with Crippen molar-refractivity contribution >= 4 is 11.6 Å². The standard InChI is InChI=1S/C12H18ClNO/c1-8-4-11(13)5-9(2)12(8)7-14-6-10(3)15/h4-5,10,14-15H,6-7H2,1-3H3. The summed E-state index contributed by atoms with van der Waals surface area (Å²) in [6.07, 6.45) is -0.307. The van der Waals surface area contributed by atoms with Crippen molar-refractivity contribution in [2.24, 2.45) is 0 Å². The van der Waals surface area contributed by atoms with E-state index in [1.54, 1.807) is 6.92 Å². The van der Waals surface area contributed by atoms with Gasteiger partial charge < -0.3 is 10.4 Å². The number of aliphatic hydroxyl groups is 1. The second-order valence-corrected chi connectivity index (χ2v) is 4.43. The van der Waals surface area contributed by atoms with Gasteiger partial charge in [0.15, 0.2) is 0 Å². The molecule has 84 valence electrons. The molecular weight excluding hydrogens is 210 g/mol. The topological polar surface area (TPSA) is 32.3 Å². The van der Waals surface area contributed by atoms with Crippen LogP contribution in [0.3, 0.4) is 0 Å². The van der Waals surface area contributed by atoms with E-state index in [-0.39, 0.29) is 6.10 Å². The van der Waals surface area contributed by atoms with Crippen LogP contribution in [0.1, 0.15) is 23.6 Å². The predicted molar refractivity (Wildman–Crippen MR) is 64.3 cm³/mol. The molecule has 2 nitrogen and oxygen atoms in total. The third-order valence-corrected chi connectivity index (χ3v) is 2.62. The van der Waals surface area contributed by atoms with Crippen molar-refractivity contribution in [1.82, 2.24) is 5.32 Å². The van der Waals surface area contributed by atoms with Gasteiger partial charge in [-0.05, 0) is 49.6 Å². The molecule has 0 heterocycles. The number of nitrogens with one attached hydrogen (secondary N) is 1. The Morgan fingerprint density at radius 1 is 1.33 bits per heavy atom. The highest BCUT2D eigenvalue weighted by Gasteiger charge is 2.04. The van der Waals surface area contributed by atoms with Crippen molar-refractivity contribution in [3.63, 3.8) is 0 Å². The maximum absolute atomic E-state index is 9.13. The molecule has 0 fully saturated rings. The summed E-state index contributed by atoms with van der Waals surface area (Å²) >= 11 is 5.95. The average Bonchev–Trinajstić information content (AvgIpc) is 2.08. The summed E-state index contributed by atoms with van der Waals surface area (Å²) in [6.45, 7) is 7.27. The molecule has 0 radical (unpaired) electrons. The van der Waals surface area contributed by atoms with Crippen LogP contribution in [0, 0.1) is 13.8 Å². The average molecular weight is 228 g/mol. The van der Waals surface area contributed by atoms with Gasteiger partial charge in [-0.1, -0.05) is 11.6 Å². The van der Waals surface area contributed by atoms with Crippen LogP contribution in [0.15, 0.2) is 12.1 Å². The normalized spacial score (nSPS) is 12.9. The first-order valence-corrected chi connectivity index (χ1v) is 5.53. The fourth-order valence-electron chi connectivity index (χ4n) is 1.63. The molecular formula is C12H18ClNO. The van der Waals surface area contributed by atoms with E-state index in [9.17, 15) is 0 Å². The van der Waals surface area contributed by atoms with Gasteiger partial charge in [0.1, 0.15) is 0 Å². The first-order chi connectivity index (χ1) is 7.00. The highest BCUT2D eigenvalue weighted by molar-refractivity contribution is 6.30. The van der Waals surface area contributed by atoms with Crippen LogP contribution in [0.2, 0.25) is 5.02 Å². The number of halogens is 1. The van der Waals surface area contributed by atoms with Gasteiger partial charge in [-0.3, -0.25) is 0 Å². The van der Waals surface area contributed by atoms with Crippen LogP contribution in [0.25, 0.3) is 0 Å². The van der Waals surface area contributed by atoms with Crippen LogP contribution in [-0.2, 0) is 6.54 Å². The number of hydrogen-bond acceptors (Lipinski definition) is 2. The lowest BCUT2D eigenvalue weighted by Crippen LogP contribution is -2.24. The van der Waals surface area contributed by atoms with Gasteiger partial charge in [0.2, 0.25) is 0 Å². The summed E-state index contributed by atoms with van der Waals surface area (Å²) in [5.74, 6) is 0. The molecule has 0 bridgehead atoms. The van der Waals surface area contributed by atoms with E-state index in [0.29, 0.717) is 6.54 Å². The largest absolute Gasteiger partial charge is 0.392 e. The lowest BCUT2D eigenvalue weighted by atomic mass is 10.0. The van der Waals surface area contributed by atoms with Crippen molar-refractivity contribution in [1.29, 1.82) is 0 Å². The van der Waals surface area contributed by atoms with E-state index in [0.717, 1.165) is 11.6 Å². The summed E-state index contributed by atoms with van der Waals surface area (Å²) in [5.41, 5.74) is 3.65. The summed E-state index contributed by atoms with van der Waals surface area (Å²) in [7, 11) is 0. The number of aryl methyl sites for hydroxylation is 2. The summed E-state index contributed by atoms with van der Waals surface area (Å²) in [4.78, 5) is 0. The van der Waals surface area contributed by atoms with Crippen LogP contribution in [0.5, 0.6) is 0 Å². The molecule has 0 aliphatic rings. The first kappa shape index (κ1) is 12.5. The number of benzene rings is 1. The van der Waals surface area contributed by atoms with Crippen molar-refractivity contribution in [3.05, 3.63) is 33.8 Å². The SMILES string of the molecule is Cc1cc(Cl)cc(C)c1CNCC(C)O. The highest BCUT2D eigenvalue weighted by atomic mass is 35.5. The van der Waals surface area contributed by atoms with E-state index in [1.807, 2.05) is 12.1 Å². The predicted octanol–water partition coefficient (Wildman–Crippen LogP) is 2.43. The molecule has 0 aliphatic heterocycles. The molecule has 1 aromatic carbocycles. The Bertz CT molecular complexity index is 313. The maximum atomic E-state index is 9.13. The Morgan fingerprint density at radius 3 is 2.33 bits per heavy atom. The molecule has 1 atom stereocenters. The monoisotopic (exact) mass is 227 g/mol. The van der Waals surface area contributed by atoms with Gasteiger partial charge in [0, 0.05) is 18.1 Å². The molecule has 1 aromatic rings. The van der Waals surface area contributed by atoms with Crippen LogP contribution >= 0.6 is 11.6 Å². The minimum atomic E-state index is -0.307. The summed E-state index contributed by atoms with van der Waals surface area (Å²) in [5, 5.41) is 13.1. The minimum Gasteiger partial charge on any atom is -0.392 e. The molecule has 0 amide bonds. The van der Waals surface area contributed by atoms with Gasteiger partial charge in [-0.25, -0.2) is 0 Å². The Labute approximate surface area is 96.3 Å². The van der Waals surface area contributed by atoms with Crippen molar-refractivity contribution in [2.45, 2.75) is 33.4 Å². The summed E-state index contributed by atoms with van der Waals surface area (Å²) < 4.78 is 0. The lowest BCUT2D eigenvalue weighted by molar-refractivity contribution is 0.191. The van der Waals surface area contributed by atoms with Crippen molar-refractivity contribution in [2.75, 3.05) is 6.54 Å². The third-order valence-electron chi connectivity index (χ3n) is 2.40. The van der Waals surface area contributed by atoms with Crippen LogP contribution in [0.4, 0.5) is 0 Å². The van der Waals surface area contributed by atoms with Crippen LogP contribution < -0.4 is 5.32 Å². The minimum absolute atomic E-state index is 0.307. The van der Waals surface area contributed by atoms with Crippen molar-refractivity contribution in [3.8, 4) is 0 Å². The second-order valence-electron chi connectivity index (χ2n) is 4.00. The van der Waals surface area contributed by atoms with Crippen LogP contribution in [-0.4, -0.2) is 17.8 Å².